The molecular formula is C17H21NO. The van der Waals surface area contributed by atoms with Gasteiger partial charge in [-0.1, -0.05) is 37.3 Å². The van der Waals surface area contributed by atoms with Crippen molar-refractivity contribution in [1.29, 1.82) is 0 Å². The van der Waals surface area contributed by atoms with Crippen LogP contribution in [0.2, 0.25) is 0 Å². The Morgan fingerprint density at radius 2 is 1.84 bits per heavy atom. The molecule has 0 radical (unpaired) electrons. The van der Waals surface area contributed by atoms with Gasteiger partial charge in [0.25, 0.3) is 0 Å². The molecule has 2 heteroatoms. The zero-order valence-corrected chi connectivity index (χ0v) is 11.9. The SMILES string of the molecule is CCNCc1cc(OC)ccc1-c1ccccc1C. The van der Waals surface area contributed by atoms with Crippen molar-refractivity contribution in [3.05, 3.63) is 53.6 Å². The molecule has 2 nitrogen and oxygen atoms in total. The first-order chi connectivity index (χ1) is 9.26. The van der Waals surface area contributed by atoms with Crippen molar-refractivity contribution in [2.45, 2.75) is 20.4 Å². The summed E-state index contributed by atoms with van der Waals surface area (Å²) in [6, 6.07) is 14.8. The van der Waals surface area contributed by atoms with Crippen molar-refractivity contribution in [3.63, 3.8) is 0 Å². The van der Waals surface area contributed by atoms with Gasteiger partial charge in [0.05, 0.1) is 7.11 Å². The van der Waals surface area contributed by atoms with Crippen LogP contribution in [0.15, 0.2) is 42.5 Å². The van der Waals surface area contributed by atoms with Crippen molar-refractivity contribution in [2.24, 2.45) is 0 Å². The average molecular weight is 255 g/mol. The minimum absolute atomic E-state index is 0.858. The summed E-state index contributed by atoms with van der Waals surface area (Å²) in [5.41, 5.74) is 5.14. The number of nitrogens with one attached hydrogen (secondary N) is 1. The molecule has 2 aromatic carbocycles. The molecule has 0 saturated carbocycles. The van der Waals surface area contributed by atoms with Gasteiger partial charge in [0.15, 0.2) is 0 Å². The van der Waals surface area contributed by atoms with E-state index < -0.39 is 0 Å². The standard InChI is InChI=1S/C17H21NO/c1-4-18-12-14-11-15(19-3)9-10-17(14)16-8-6-5-7-13(16)2/h5-11,18H,4,12H2,1-3H3. The molecule has 0 bridgehead atoms. The maximum atomic E-state index is 5.33. The molecule has 0 atom stereocenters. The lowest BCUT2D eigenvalue weighted by Crippen LogP contribution is -2.12. The van der Waals surface area contributed by atoms with Crippen molar-refractivity contribution in [1.82, 2.24) is 5.32 Å². The van der Waals surface area contributed by atoms with Gasteiger partial charge in [0, 0.05) is 6.54 Å². The second-order valence-electron chi connectivity index (χ2n) is 4.62. The van der Waals surface area contributed by atoms with E-state index in [-0.39, 0.29) is 0 Å². The summed E-state index contributed by atoms with van der Waals surface area (Å²) in [5.74, 6) is 0.908. The zero-order chi connectivity index (χ0) is 13.7. The highest BCUT2D eigenvalue weighted by atomic mass is 16.5. The third-order valence-electron chi connectivity index (χ3n) is 3.31. The van der Waals surface area contributed by atoms with E-state index in [1.807, 2.05) is 6.07 Å². The average Bonchev–Trinajstić information content (AvgIpc) is 2.45. The van der Waals surface area contributed by atoms with Crippen LogP contribution in [0.5, 0.6) is 5.75 Å². The Labute approximate surface area is 115 Å². The first-order valence-electron chi connectivity index (χ1n) is 6.70. The van der Waals surface area contributed by atoms with Crippen LogP contribution in [0.3, 0.4) is 0 Å². The maximum Gasteiger partial charge on any atom is 0.119 e. The van der Waals surface area contributed by atoms with E-state index in [1.165, 1.54) is 22.3 Å². The van der Waals surface area contributed by atoms with Gasteiger partial charge >= 0.3 is 0 Å². The first kappa shape index (κ1) is 13.6. The van der Waals surface area contributed by atoms with Gasteiger partial charge in [-0.05, 0) is 47.9 Å². The fraction of sp³-hybridized carbons (Fsp3) is 0.294. The molecule has 0 aromatic heterocycles. The molecule has 0 fully saturated rings. The van der Waals surface area contributed by atoms with Crippen LogP contribution in [0, 0.1) is 6.92 Å². The van der Waals surface area contributed by atoms with E-state index in [0.29, 0.717) is 0 Å². The van der Waals surface area contributed by atoms with Gasteiger partial charge in [0.1, 0.15) is 5.75 Å². The molecule has 0 amide bonds. The van der Waals surface area contributed by atoms with Gasteiger partial charge in [-0.15, -0.1) is 0 Å². The predicted molar refractivity (Wildman–Crippen MR) is 80.5 cm³/mol. The summed E-state index contributed by atoms with van der Waals surface area (Å²) in [6.45, 7) is 6.09. The lowest BCUT2D eigenvalue weighted by atomic mass is 9.95. The molecule has 0 aliphatic carbocycles. The van der Waals surface area contributed by atoms with E-state index in [4.69, 9.17) is 4.74 Å². The zero-order valence-electron chi connectivity index (χ0n) is 11.9. The normalized spacial score (nSPS) is 10.5. The van der Waals surface area contributed by atoms with Crippen molar-refractivity contribution in [2.75, 3.05) is 13.7 Å². The van der Waals surface area contributed by atoms with Gasteiger partial charge in [0.2, 0.25) is 0 Å². The van der Waals surface area contributed by atoms with Crippen LogP contribution in [-0.4, -0.2) is 13.7 Å². The number of hydrogen-bond acceptors (Lipinski definition) is 2. The summed E-state index contributed by atoms with van der Waals surface area (Å²) in [4.78, 5) is 0. The highest BCUT2D eigenvalue weighted by Crippen LogP contribution is 2.29. The van der Waals surface area contributed by atoms with Gasteiger partial charge in [-0.2, -0.15) is 0 Å². The molecular weight excluding hydrogens is 234 g/mol. The number of hydrogen-bond donors (Lipinski definition) is 1. The molecule has 0 heterocycles. The Bertz CT molecular complexity index is 549. The fourth-order valence-electron chi connectivity index (χ4n) is 2.24. The Morgan fingerprint density at radius 1 is 1.05 bits per heavy atom. The number of methoxy groups -OCH3 is 1. The fourth-order valence-corrected chi connectivity index (χ4v) is 2.24. The quantitative estimate of drug-likeness (QED) is 0.878. The molecule has 100 valence electrons. The van der Waals surface area contributed by atoms with E-state index >= 15 is 0 Å². The summed E-state index contributed by atoms with van der Waals surface area (Å²) >= 11 is 0. The largest absolute Gasteiger partial charge is 0.497 e. The molecule has 0 saturated heterocycles. The minimum atomic E-state index is 0.858. The molecule has 0 unspecified atom stereocenters. The highest BCUT2D eigenvalue weighted by Gasteiger charge is 2.08. The highest BCUT2D eigenvalue weighted by molar-refractivity contribution is 5.71. The van der Waals surface area contributed by atoms with E-state index in [9.17, 15) is 0 Å². The molecule has 19 heavy (non-hydrogen) atoms. The topological polar surface area (TPSA) is 21.3 Å². The van der Waals surface area contributed by atoms with Crippen LogP contribution >= 0.6 is 0 Å². The van der Waals surface area contributed by atoms with Gasteiger partial charge in [-0.3, -0.25) is 0 Å². The summed E-state index contributed by atoms with van der Waals surface area (Å²) in [7, 11) is 1.71. The second kappa shape index (κ2) is 6.39. The lowest BCUT2D eigenvalue weighted by Gasteiger charge is -2.14. The Kier molecular flexibility index (Phi) is 4.58. The number of rotatable bonds is 5. The van der Waals surface area contributed by atoms with Crippen LogP contribution in [0.1, 0.15) is 18.1 Å². The molecule has 2 rings (SSSR count). The Morgan fingerprint density at radius 3 is 2.53 bits per heavy atom. The van der Waals surface area contributed by atoms with E-state index in [2.05, 4.69) is 55.6 Å². The summed E-state index contributed by atoms with van der Waals surface area (Å²) in [5, 5.41) is 3.39. The Hall–Kier alpha value is -1.80. The molecule has 0 aliphatic heterocycles. The van der Waals surface area contributed by atoms with Gasteiger partial charge < -0.3 is 10.1 Å². The number of benzene rings is 2. The van der Waals surface area contributed by atoms with Crippen molar-refractivity contribution in [3.8, 4) is 16.9 Å². The van der Waals surface area contributed by atoms with Crippen LogP contribution in [0.25, 0.3) is 11.1 Å². The third-order valence-corrected chi connectivity index (χ3v) is 3.31. The van der Waals surface area contributed by atoms with Crippen molar-refractivity contribution >= 4 is 0 Å². The van der Waals surface area contributed by atoms with E-state index in [0.717, 1.165) is 18.8 Å². The maximum absolute atomic E-state index is 5.33. The first-order valence-corrected chi connectivity index (χ1v) is 6.70. The Balaban J connectivity index is 2.46. The van der Waals surface area contributed by atoms with Crippen molar-refractivity contribution < 1.29 is 4.74 Å². The second-order valence-corrected chi connectivity index (χ2v) is 4.62. The summed E-state index contributed by atoms with van der Waals surface area (Å²) in [6.07, 6.45) is 0. The molecule has 0 spiro atoms. The lowest BCUT2D eigenvalue weighted by molar-refractivity contribution is 0.414. The van der Waals surface area contributed by atoms with E-state index in [1.54, 1.807) is 7.11 Å². The smallest absolute Gasteiger partial charge is 0.119 e. The number of ether oxygens (including phenoxy) is 1. The monoisotopic (exact) mass is 255 g/mol. The summed E-state index contributed by atoms with van der Waals surface area (Å²) < 4.78 is 5.33. The molecule has 2 aromatic rings. The van der Waals surface area contributed by atoms with Gasteiger partial charge in [-0.25, -0.2) is 0 Å². The molecule has 1 N–H and O–H groups in total. The molecule has 0 aliphatic rings. The number of aryl methyl sites for hydroxylation is 1. The third kappa shape index (κ3) is 3.15. The predicted octanol–water partition coefficient (Wildman–Crippen LogP) is 3.78. The van der Waals surface area contributed by atoms with Crippen LogP contribution < -0.4 is 10.1 Å². The van der Waals surface area contributed by atoms with Crippen LogP contribution in [-0.2, 0) is 6.54 Å². The van der Waals surface area contributed by atoms with Crippen LogP contribution in [0.4, 0.5) is 0 Å². The minimum Gasteiger partial charge on any atom is -0.497 e.